The molecule has 3 heterocycles. The van der Waals surface area contributed by atoms with E-state index >= 15 is 0 Å². The van der Waals surface area contributed by atoms with Crippen LogP contribution in [0.5, 0.6) is 0 Å². The van der Waals surface area contributed by atoms with Crippen LogP contribution < -0.4 is 10.9 Å². The quantitative estimate of drug-likeness (QED) is 0.581. The maximum Gasteiger partial charge on any atom is 0.270 e. The van der Waals surface area contributed by atoms with Crippen molar-refractivity contribution in [2.75, 3.05) is 0 Å². The van der Waals surface area contributed by atoms with Crippen molar-refractivity contribution >= 4 is 11.6 Å². The molecule has 0 bridgehead atoms. The second kappa shape index (κ2) is 6.60. The number of hydrogen-bond acceptors (Lipinski definition) is 5. The lowest BCUT2D eigenvalue weighted by molar-refractivity contribution is 0.0948. The summed E-state index contributed by atoms with van der Waals surface area (Å²) >= 11 is 0. The molecule has 0 saturated heterocycles. The number of aromatic nitrogens is 5. The standard InChI is InChI=1S/C18H14N6O2/c25-17(13-10-19-15-8-4-5-9-24(15)18(13)26)20-11-14-21-16(23-22-14)12-6-2-1-3-7-12/h1-10H,11H2,(H,20,25)(H,21,22,23). The number of pyridine rings is 1. The minimum Gasteiger partial charge on any atom is -0.345 e. The first kappa shape index (κ1) is 15.7. The predicted octanol–water partition coefficient (Wildman–Crippen LogP) is 1.41. The number of fused-ring (bicyclic) bond motifs is 1. The van der Waals surface area contributed by atoms with Gasteiger partial charge in [-0.3, -0.25) is 19.1 Å². The van der Waals surface area contributed by atoms with Gasteiger partial charge in [-0.15, -0.1) is 0 Å². The Balaban J connectivity index is 1.50. The van der Waals surface area contributed by atoms with Gasteiger partial charge in [0.05, 0.1) is 6.54 Å². The summed E-state index contributed by atoms with van der Waals surface area (Å²) < 4.78 is 1.33. The van der Waals surface area contributed by atoms with Gasteiger partial charge in [-0.05, 0) is 12.1 Å². The van der Waals surface area contributed by atoms with Gasteiger partial charge in [0.1, 0.15) is 17.0 Å². The van der Waals surface area contributed by atoms with Crippen LogP contribution >= 0.6 is 0 Å². The van der Waals surface area contributed by atoms with Gasteiger partial charge in [0, 0.05) is 18.0 Å². The zero-order valence-electron chi connectivity index (χ0n) is 13.6. The van der Waals surface area contributed by atoms with Crippen LogP contribution in [0, 0.1) is 0 Å². The van der Waals surface area contributed by atoms with Crippen molar-refractivity contribution < 1.29 is 4.79 Å². The molecule has 0 atom stereocenters. The molecule has 3 aromatic heterocycles. The van der Waals surface area contributed by atoms with Crippen LogP contribution in [-0.2, 0) is 6.54 Å². The first-order valence-electron chi connectivity index (χ1n) is 7.94. The first-order chi connectivity index (χ1) is 12.7. The molecule has 8 heteroatoms. The Morgan fingerprint density at radius 3 is 2.77 bits per heavy atom. The lowest BCUT2D eigenvalue weighted by atomic mass is 10.2. The molecule has 4 aromatic rings. The molecule has 8 nitrogen and oxygen atoms in total. The van der Waals surface area contributed by atoms with E-state index in [9.17, 15) is 9.59 Å². The number of carbonyl (C=O) groups is 1. The molecule has 0 aliphatic heterocycles. The summed E-state index contributed by atoms with van der Waals surface area (Å²) in [4.78, 5) is 33.2. The predicted molar refractivity (Wildman–Crippen MR) is 94.5 cm³/mol. The minimum absolute atomic E-state index is 0.0310. The Bertz CT molecular complexity index is 1130. The Kier molecular flexibility index (Phi) is 3.98. The molecule has 2 N–H and O–H groups in total. The number of aromatic amines is 1. The second-order valence-corrected chi connectivity index (χ2v) is 5.56. The summed E-state index contributed by atoms with van der Waals surface area (Å²) in [5, 5.41) is 9.57. The number of nitrogens with one attached hydrogen (secondary N) is 2. The fourth-order valence-corrected chi connectivity index (χ4v) is 2.53. The molecular weight excluding hydrogens is 332 g/mol. The molecule has 0 fully saturated rings. The van der Waals surface area contributed by atoms with Crippen LogP contribution in [0.25, 0.3) is 17.0 Å². The van der Waals surface area contributed by atoms with Crippen molar-refractivity contribution in [1.82, 2.24) is 29.9 Å². The normalized spacial score (nSPS) is 10.8. The van der Waals surface area contributed by atoms with E-state index in [4.69, 9.17) is 0 Å². The molecule has 0 aliphatic carbocycles. The smallest absolute Gasteiger partial charge is 0.270 e. The van der Waals surface area contributed by atoms with E-state index in [0.29, 0.717) is 17.3 Å². The number of hydrogen-bond donors (Lipinski definition) is 2. The topological polar surface area (TPSA) is 105 Å². The van der Waals surface area contributed by atoms with E-state index in [-0.39, 0.29) is 12.1 Å². The summed E-state index contributed by atoms with van der Waals surface area (Å²) in [6.45, 7) is 0.121. The monoisotopic (exact) mass is 346 g/mol. The summed E-state index contributed by atoms with van der Waals surface area (Å²) in [6.07, 6.45) is 2.85. The average molecular weight is 346 g/mol. The molecule has 4 rings (SSSR count). The summed E-state index contributed by atoms with van der Waals surface area (Å²) in [7, 11) is 0. The molecule has 128 valence electrons. The average Bonchev–Trinajstić information content (AvgIpc) is 3.16. The van der Waals surface area contributed by atoms with Crippen LogP contribution in [0.4, 0.5) is 0 Å². The second-order valence-electron chi connectivity index (χ2n) is 5.56. The van der Waals surface area contributed by atoms with Gasteiger partial charge in [-0.25, -0.2) is 9.97 Å². The Labute approximate surface area is 147 Å². The molecular formula is C18H14N6O2. The van der Waals surface area contributed by atoms with Crippen molar-refractivity contribution in [2.45, 2.75) is 6.54 Å². The first-order valence-corrected chi connectivity index (χ1v) is 7.94. The van der Waals surface area contributed by atoms with Crippen LogP contribution in [0.1, 0.15) is 16.2 Å². The Hall–Kier alpha value is -3.81. The molecule has 1 aromatic carbocycles. The molecule has 0 unspecified atom stereocenters. The zero-order valence-corrected chi connectivity index (χ0v) is 13.6. The Morgan fingerprint density at radius 2 is 1.92 bits per heavy atom. The third-order valence-corrected chi connectivity index (χ3v) is 3.84. The van der Waals surface area contributed by atoms with Crippen molar-refractivity contribution in [3.63, 3.8) is 0 Å². The van der Waals surface area contributed by atoms with Gasteiger partial charge in [0.2, 0.25) is 0 Å². The van der Waals surface area contributed by atoms with Gasteiger partial charge in [0.15, 0.2) is 5.82 Å². The Morgan fingerprint density at radius 1 is 1.12 bits per heavy atom. The SMILES string of the molecule is O=C(NCc1nc(-c2ccccc2)n[nH]1)c1cnc2ccccn2c1=O. The van der Waals surface area contributed by atoms with Gasteiger partial charge in [0.25, 0.3) is 11.5 Å². The van der Waals surface area contributed by atoms with Gasteiger partial charge < -0.3 is 5.32 Å². The van der Waals surface area contributed by atoms with Crippen LogP contribution in [0.2, 0.25) is 0 Å². The number of amides is 1. The van der Waals surface area contributed by atoms with Crippen molar-refractivity contribution in [2.24, 2.45) is 0 Å². The third-order valence-electron chi connectivity index (χ3n) is 3.84. The van der Waals surface area contributed by atoms with Crippen LogP contribution in [-0.4, -0.2) is 30.5 Å². The van der Waals surface area contributed by atoms with E-state index < -0.39 is 11.5 Å². The summed E-state index contributed by atoms with van der Waals surface area (Å²) in [6, 6.07) is 14.7. The number of H-pyrrole nitrogens is 1. The lowest BCUT2D eigenvalue weighted by Crippen LogP contribution is -2.31. The molecule has 0 saturated carbocycles. The van der Waals surface area contributed by atoms with Crippen LogP contribution in [0.15, 0.2) is 65.7 Å². The van der Waals surface area contributed by atoms with Gasteiger partial charge in [-0.1, -0.05) is 36.4 Å². The van der Waals surface area contributed by atoms with Crippen molar-refractivity contribution in [3.05, 3.63) is 82.7 Å². The molecule has 0 aliphatic rings. The highest BCUT2D eigenvalue weighted by atomic mass is 16.2. The molecule has 0 radical (unpaired) electrons. The van der Waals surface area contributed by atoms with E-state index in [1.807, 2.05) is 30.3 Å². The zero-order chi connectivity index (χ0) is 17.9. The number of carbonyl (C=O) groups excluding carboxylic acids is 1. The fourth-order valence-electron chi connectivity index (χ4n) is 2.53. The fraction of sp³-hybridized carbons (Fsp3) is 0.0556. The van der Waals surface area contributed by atoms with Gasteiger partial charge in [-0.2, -0.15) is 5.10 Å². The lowest BCUT2D eigenvalue weighted by Gasteiger charge is -2.04. The molecule has 0 spiro atoms. The summed E-state index contributed by atoms with van der Waals surface area (Å²) in [5.74, 6) is 0.520. The highest BCUT2D eigenvalue weighted by Gasteiger charge is 2.14. The number of rotatable bonds is 4. The third kappa shape index (κ3) is 2.95. The maximum absolute atomic E-state index is 12.4. The number of benzene rings is 1. The highest BCUT2D eigenvalue weighted by Crippen LogP contribution is 2.13. The largest absolute Gasteiger partial charge is 0.345 e. The van der Waals surface area contributed by atoms with Crippen LogP contribution in [0.3, 0.4) is 0 Å². The molecule has 26 heavy (non-hydrogen) atoms. The minimum atomic E-state index is -0.515. The number of nitrogens with zero attached hydrogens (tertiary/aromatic N) is 4. The van der Waals surface area contributed by atoms with E-state index in [0.717, 1.165) is 5.56 Å². The van der Waals surface area contributed by atoms with E-state index in [2.05, 4.69) is 25.5 Å². The highest BCUT2D eigenvalue weighted by molar-refractivity contribution is 5.93. The summed E-state index contributed by atoms with van der Waals surface area (Å²) in [5.41, 5.74) is 0.905. The van der Waals surface area contributed by atoms with E-state index in [1.165, 1.54) is 10.6 Å². The van der Waals surface area contributed by atoms with Gasteiger partial charge >= 0.3 is 0 Å². The van der Waals surface area contributed by atoms with Crippen molar-refractivity contribution in [1.29, 1.82) is 0 Å². The molecule has 1 amide bonds. The maximum atomic E-state index is 12.4. The van der Waals surface area contributed by atoms with Crippen molar-refractivity contribution in [3.8, 4) is 11.4 Å². The van der Waals surface area contributed by atoms with E-state index in [1.54, 1.807) is 24.4 Å².